The van der Waals surface area contributed by atoms with E-state index in [1.165, 1.54) is 50.0 Å². The van der Waals surface area contributed by atoms with Crippen LogP contribution in [-0.2, 0) is 6.42 Å². The molecule has 2 nitrogen and oxygen atoms in total. The van der Waals surface area contributed by atoms with Crippen LogP contribution in [0.2, 0.25) is 0 Å². The van der Waals surface area contributed by atoms with Crippen molar-refractivity contribution in [2.24, 2.45) is 11.1 Å². The first-order valence-electron chi connectivity index (χ1n) is 6.36. The van der Waals surface area contributed by atoms with Crippen molar-refractivity contribution in [2.45, 2.75) is 25.7 Å². The third-order valence-electron chi connectivity index (χ3n) is 4.14. The summed E-state index contributed by atoms with van der Waals surface area (Å²) in [6, 6.07) is 8.83. The van der Waals surface area contributed by atoms with Gasteiger partial charge < -0.3 is 10.6 Å². The van der Waals surface area contributed by atoms with Gasteiger partial charge in [0.15, 0.2) is 0 Å². The monoisotopic (exact) mass is 216 g/mol. The van der Waals surface area contributed by atoms with E-state index < -0.39 is 0 Å². The zero-order valence-corrected chi connectivity index (χ0v) is 9.78. The Balaban J connectivity index is 1.74. The van der Waals surface area contributed by atoms with Gasteiger partial charge in [0, 0.05) is 18.8 Å². The Morgan fingerprint density at radius 1 is 1.25 bits per heavy atom. The minimum Gasteiger partial charge on any atom is -0.370 e. The molecule has 0 amide bonds. The van der Waals surface area contributed by atoms with Gasteiger partial charge in [0.25, 0.3) is 0 Å². The molecule has 2 aliphatic rings. The number of hydrogen-bond acceptors (Lipinski definition) is 2. The van der Waals surface area contributed by atoms with Gasteiger partial charge in [0.05, 0.1) is 0 Å². The van der Waals surface area contributed by atoms with Crippen molar-refractivity contribution in [2.75, 3.05) is 24.5 Å². The summed E-state index contributed by atoms with van der Waals surface area (Å²) in [5.41, 5.74) is 9.25. The van der Waals surface area contributed by atoms with Gasteiger partial charge in [0.2, 0.25) is 0 Å². The van der Waals surface area contributed by atoms with Crippen molar-refractivity contribution in [3.05, 3.63) is 29.8 Å². The van der Waals surface area contributed by atoms with Crippen LogP contribution in [0, 0.1) is 5.41 Å². The highest BCUT2D eigenvalue weighted by Gasteiger charge is 2.43. The second kappa shape index (κ2) is 3.77. The molecule has 0 unspecified atom stereocenters. The van der Waals surface area contributed by atoms with Gasteiger partial charge in [-0.2, -0.15) is 0 Å². The van der Waals surface area contributed by atoms with Gasteiger partial charge in [0.1, 0.15) is 0 Å². The van der Waals surface area contributed by atoms with Crippen LogP contribution in [0.3, 0.4) is 0 Å². The molecule has 0 saturated heterocycles. The van der Waals surface area contributed by atoms with E-state index >= 15 is 0 Å². The molecule has 3 rings (SSSR count). The molecule has 0 bridgehead atoms. The number of anilines is 1. The topological polar surface area (TPSA) is 29.3 Å². The number of nitrogens with two attached hydrogens (primary N) is 1. The highest BCUT2D eigenvalue weighted by Crippen LogP contribution is 2.50. The predicted molar refractivity (Wildman–Crippen MR) is 67.7 cm³/mol. The van der Waals surface area contributed by atoms with Gasteiger partial charge >= 0.3 is 0 Å². The van der Waals surface area contributed by atoms with E-state index in [0.717, 1.165) is 6.54 Å². The van der Waals surface area contributed by atoms with Crippen LogP contribution in [-0.4, -0.2) is 19.6 Å². The highest BCUT2D eigenvalue weighted by molar-refractivity contribution is 5.58. The summed E-state index contributed by atoms with van der Waals surface area (Å²) in [7, 11) is 0. The predicted octanol–water partition coefficient (Wildman–Crippen LogP) is 2.18. The summed E-state index contributed by atoms with van der Waals surface area (Å²) >= 11 is 0. The Kier molecular flexibility index (Phi) is 2.40. The SMILES string of the molecule is NCCC1(CN2CCc3ccccc32)CC1. The molecule has 0 radical (unpaired) electrons. The Morgan fingerprint density at radius 3 is 2.81 bits per heavy atom. The number of hydrogen-bond donors (Lipinski definition) is 1. The van der Waals surface area contributed by atoms with Gasteiger partial charge in [-0.1, -0.05) is 18.2 Å². The molecule has 1 saturated carbocycles. The number of rotatable bonds is 4. The first-order valence-corrected chi connectivity index (χ1v) is 6.36. The maximum atomic E-state index is 5.71. The molecular formula is C14H20N2. The van der Waals surface area contributed by atoms with Crippen LogP contribution >= 0.6 is 0 Å². The minimum absolute atomic E-state index is 0.562. The normalized spacial score (nSPS) is 20.9. The molecule has 0 atom stereocenters. The van der Waals surface area contributed by atoms with Crippen LogP contribution in [0.4, 0.5) is 5.69 Å². The Morgan fingerprint density at radius 2 is 2.06 bits per heavy atom. The molecule has 1 aromatic carbocycles. The van der Waals surface area contributed by atoms with E-state index in [2.05, 4.69) is 29.2 Å². The van der Waals surface area contributed by atoms with Crippen LogP contribution in [0.1, 0.15) is 24.8 Å². The van der Waals surface area contributed by atoms with Gasteiger partial charge in [-0.05, 0) is 49.3 Å². The second-order valence-corrected chi connectivity index (χ2v) is 5.34. The Hall–Kier alpha value is -1.02. The summed E-state index contributed by atoms with van der Waals surface area (Å²) in [5, 5.41) is 0. The zero-order valence-electron chi connectivity index (χ0n) is 9.78. The summed E-state index contributed by atoms with van der Waals surface area (Å²) in [6.07, 6.45) is 5.17. The van der Waals surface area contributed by atoms with Crippen molar-refractivity contribution >= 4 is 5.69 Å². The molecule has 1 aromatic rings. The lowest BCUT2D eigenvalue weighted by atomic mass is 10.0. The van der Waals surface area contributed by atoms with Crippen molar-refractivity contribution in [1.82, 2.24) is 0 Å². The average molecular weight is 216 g/mol. The summed E-state index contributed by atoms with van der Waals surface area (Å²) in [6.45, 7) is 3.27. The maximum absolute atomic E-state index is 5.71. The number of fused-ring (bicyclic) bond motifs is 1. The molecule has 1 fully saturated rings. The van der Waals surface area contributed by atoms with Gasteiger partial charge in [-0.25, -0.2) is 0 Å². The summed E-state index contributed by atoms with van der Waals surface area (Å²) in [4.78, 5) is 2.57. The minimum atomic E-state index is 0.562. The quantitative estimate of drug-likeness (QED) is 0.836. The summed E-state index contributed by atoms with van der Waals surface area (Å²) in [5.74, 6) is 0. The fourth-order valence-electron chi connectivity index (χ4n) is 2.95. The number of para-hydroxylation sites is 1. The molecular weight excluding hydrogens is 196 g/mol. The largest absolute Gasteiger partial charge is 0.370 e. The van der Waals surface area contributed by atoms with E-state index in [1.54, 1.807) is 0 Å². The average Bonchev–Trinajstić information content (AvgIpc) is 2.93. The van der Waals surface area contributed by atoms with Gasteiger partial charge in [-0.15, -0.1) is 0 Å². The Labute approximate surface area is 97.4 Å². The van der Waals surface area contributed by atoms with Crippen molar-refractivity contribution in [1.29, 1.82) is 0 Å². The maximum Gasteiger partial charge on any atom is 0.0399 e. The molecule has 0 aromatic heterocycles. The fourth-order valence-corrected chi connectivity index (χ4v) is 2.95. The lowest BCUT2D eigenvalue weighted by molar-refractivity contribution is 0.469. The molecule has 2 N–H and O–H groups in total. The lowest BCUT2D eigenvalue weighted by Gasteiger charge is -2.25. The van der Waals surface area contributed by atoms with Gasteiger partial charge in [-0.3, -0.25) is 0 Å². The van der Waals surface area contributed by atoms with E-state index in [1.807, 2.05) is 0 Å². The van der Waals surface area contributed by atoms with E-state index in [-0.39, 0.29) is 0 Å². The second-order valence-electron chi connectivity index (χ2n) is 5.34. The molecule has 0 spiro atoms. The Bertz CT molecular complexity index is 382. The van der Waals surface area contributed by atoms with Crippen LogP contribution in [0.25, 0.3) is 0 Å². The molecule has 16 heavy (non-hydrogen) atoms. The van der Waals surface area contributed by atoms with E-state index in [4.69, 9.17) is 5.73 Å². The molecule has 86 valence electrons. The third kappa shape index (κ3) is 1.71. The van der Waals surface area contributed by atoms with Crippen LogP contribution in [0.15, 0.2) is 24.3 Å². The fraction of sp³-hybridized carbons (Fsp3) is 0.571. The smallest absolute Gasteiger partial charge is 0.0399 e. The summed E-state index contributed by atoms with van der Waals surface area (Å²) < 4.78 is 0. The lowest BCUT2D eigenvalue weighted by Crippen LogP contribution is -2.30. The van der Waals surface area contributed by atoms with Crippen molar-refractivity contribution < 1.29 is 0 Å². The van der Waals surface area contributed by atoms with Crippen molar-refractivity contribution in [3.63, 3.8) is 0 Å². The first kappa shape index (κ1) is 10.2. The number of benzene rings is 1. The van der Waals surface area contributed by atoms with Crippen molar-refractivity contribution in [3.8, 4) is 0 Å². The molecule has 1 aliphatic heterocycles. The van der Waals surface area contributed by atoms with E-state index in [9.17, 15) is 0 Å². The zero-order chi connectivity index (χ0) is 11.0. The van der Waals surface area contributed by atoms with Crippen LogP contribution in [0.5, 0.6) is 0 Å². The number of nitrogens with zero attached hydrogens (tertiary/aromatic N) is 1. The van der Waals surface area contributed by atoms with Crippen LogP contribution < -0.4 is 10.6 Å². The first-order chi connectivity index (χ1) is 7.83. The van der Waals surface area contributed by atoms with E-state index in [0.29, 0.717) is 5.41 Å². The molecule has 1 heterocycles. The molecule has 2 heteroatoms. The third-order valence-corrected chi connectivity index (χ3v) is 4.14. The highest BCUT2D eigenvalue weighted by atomic mass is 15.2. The molecule has 1 aliphatic carbocycles. The standard InChI is InChI=1S/C14H20N2/c15-9-8-14(6-7-14)11-16-10-5-12-3-1-2-4-13(12)16/h1-4H,5-11,15H2.